The maximum Gasteiger partial charge on any atom is 0.227 e. The van der Waals surface area contributed by atoms with E-state index in [1.165, 1.54) is 0 Å². The van der Waals surface area contributed by atoms with Crippen molar-refractivity contribution in [3.05, 3.63) is 71.9 Å². The highest BCUT2D eigenvalue weighted by molar-refractivity contribution is 5.43. The number of benzene rings is 2. The number of hydrogen-bond donors (Lipinski definition) is 1. The third-order valence-corrected chi connectivity index (χ3v) is 5.27. The molecule has 180 valence electrons. The molecule has 1 unspecified atom stereocenters. The van der Waals surface area contributed by atoms with Gasteiger partial charge >= 0.3 is 0 Å². The second kappa shape index (κ2) is 13.5. The first-order valence-corrected chi connectivity index (χ1v) is 11.5. The lowest BCUT2D eigenvalue weighted by Crippen LogP contribution is -2.36. The summed E-state index contributed by atoms with van der Waals surface area (Å²) in [6.45, 7) is 4.52. The number of para-hydroxylation sites is 2. The minimum atomic E-state index is -0.682. The molecular weight excluding hydrogens is 430 g/mol. The predicted molar refractivity (Wildman–Crippen MR) is 132 cm³/mol. The van der Waals surface area contributed by atoms with Crippen molar-refractivity contribution in [3.63, 3.8) is 0 Å². The van der Waals surface area contributed by atoms with Gasteiger partial charge < -0.3 is 19.3 Å². The van der Waals surface area contributed by atoms with Crippen LogP contribution in [-0.4, -0.2) is 65.9 Å². The van der Waals surface area contributed by atoms with Gasteiger partial charge in [0.15, 0.2) is 0 Å². The Kier molecular flexibility index (Phi) is 10.1. The Labute approximate surface area is 201 Å². The maximum atomic E-state index is 10.5. The van der Waals surface area contributed by atoms with E-state index < -0.39 is 6.10 Å². The Morgan fingerprint density at radius 1 is 1.12 bits per heavy atom. The van der Waals surface area contributed by atoms with E-state index in [1.54, 1.807) is 7.11 Å². The van der Waals surface area contributed by atoms with E-state index in [0.29, 0.717) is 32.1 Å². The third-order valence-electron chi connectivity index (χ3n) is 5.27. The van der Waals surface area contributed by atoms with Crippen LogP contribution < -0.4 is 4.74 Å². The summed E-state index contributed by atoms with van der Waals surface area (Å²) in [6.07, 6.45) is 5.30. The minimum Gasteiger partial charge on any atom is -0.439 e. The van der Waals surface area contributed by atoms with Gasteiger partial charge in [-0.15, -0.1) is 6.42 Å². The molecule has 0 radical (unpaired) electrons. The second-order valence-corrected chi connectivity index (χ2v) is 7.85. The van der Waals surface area contributed by atoms with E-state index in [0.717, 1.165) is 29.1 Å². The molecule has 0 fully saturated rings. The van der Waals surface area contributed by atoms with Crippen molar-refractivity contribution >= 4 is 0 Å². The summed E-state index contributed by atoms with van der Waals surface area (Å²) < 4.78 is 18.9. The van der Waals surface area contributed by atoms with Crippen LogP contribution in [0, 0.1) is 12.3 Å². The number of methoxy groups -OCH3 is 1. The van der Waals surface area contributed by atoms with Crippen LogP contribution in [0.25, 0.3) is 5.69 Å². The van der Waals surface area contributed by atoms with Gasteiger partial charge in [-0.05, 0) is 30.7 Å². The van der Waals surface area contributed by atoms with Crippen LogP contribution in [0.5, 0.6) is 11.6 Å². The number of ether oxygens (including phenoxy) is 3. The molecule has 7 heteroatoms. The molecule has 2 aromatic carbocycles. The zero-order valence-electron chi connectivity index (χ0n) is 19.9. The van der Waals surface area contributed by atoms with E-state index in [2.05, 4.69) is 17.7 Å². The topological polar surface area (TPSA) is 69.0 Å². The maximum absolute atomic E-state index is 10.5. The molecule has 0 saturated heterocycles. The molecule has 0 bridgehead atoms. The van der Waals surface area contributed by atoms with Crippen LogP contribution in [0.3, 0.4) is 0 Å². The summed E-state index contributed by atoms with van der Waals surface area (Å²) in [7, 11) is 1.67. The quantitative estimate of drug-likeness (QED) is 0.291. The van der Waals surface area contributed by atoms with Crippen LogP contribution in [-0.2, 0) is 22.4 Å². The van der Waals surface area contributed by atoms with Gasteiger partial charge in [0.25, 0.3) is 0 Å². The van der Waals surface area contributed by atoms with Crippen molar-refractivity contribution in [2.75, 3.05) is 40.0 Å². The SMILES string of the molecule is C#CCOCC(O)CN(CCOC)Cc1c(CC)nn(-c2ccccc2)c1Oc1ccccc1. The predicted octanol–water partition coefficient (Wildman–Crippen LogP) is 3.69. The Morgan fingerprint density at radius 3 is 2.47 bits per heavy atom. The normalized spacial score (nSPS) is 12.0. The van der Waals surface area contributed by atoms with Gasteiger partial charge in [-0.2, -0.15) is 5.10 Å². The summed E-state index contributed by atoms with van der Waals surface area (Å²) in [6, 6.07) is 19.6. The molecular formula is C27H33N3O4. The molecule has 1 heterocycles. The number of aliphatic hydroxyl groups is 1. The van der Waals surface area contributed by atoms with Crippen LogP contribution in [0.1, 0.15) is 18.2 Å². The van der Waals surface area contributed by atoms with Crippen molar-refractivity contribution in [1.29, 1.82) is 0 Å². The number of rotatable bonds is 14. The Balaban J connectivity index is 1.94. The lowest BCUT2D eigenvalue weighted by atomic mass is 10.1. The highest BCUT2D eigenvalue weighted by Crippen LogP contribution is 2.32. The lowest BCUT2D eigenvalue weighted by molar-refractivity contribution is 0.0205. The molecule has 7 nitrogen and oxygen atoms in total. The van der Waals surface area contributed by atoms with Gasteiger partial charge in [0, 0.05) is 26.7 Å². The molecule has 1 N–H and O–H groups in total. The van der Waals surface area contributed by atoms with Gasteiger partial charge in [0.2, 0.25) is 5.88 Å². The zero-order chi connectivity index (χ0) is 24.2. The Morgan fingerprint density at radius 2 is 1.82 bits per heavy atom. The molecule has 0 saturated carbocycles. The molecule has 1 atom stereocenters. The van der Waals surface area contributed by atoms with Crippen LogP contribution in [0.4, 0.5) is 0 Å². The van der Waals surface area contributed by atoms with Gasteiger partial charge in [-0.25, -0.2) is 4.68 Å². The fourth-order valence-corrected chi connectivity index (χ4v) is 3.65. The highest BCUT2D eigenvalue weighted by atomic mass is 16.5. The molecule has 0 amide bonds. The fourth-order valence-electron chi connectivity index (χ4n) is 3.65. The standard InChI is InChI=1S/C27H33N3O4/c1-4-17-33-21-23(31)19-29(16-18-32-3)20-25-26(5-2)28-30(22-12-8-6-9-13-22)27(25)34-24-14-10-7-11-15-24/h1,6-15,23,31H,5,16-21H2,2-3H3. The Bertz CT molecular complexity index is 1030. The average molecular weight is 464 g/mol. The summed E-state index contributed by atoms with van der Waals surface area (Å²) in [5.74, 6) is 3.81. The van der Waals surface area contributed by atoms with Crippen LogP contribution in [0.15, 0.2) is 60.7 Å². The molecule has 0 aliphatic rings. The fraction of sp³-hybridized carbons (Fsp3) is 0.370. The van der Waals surface area contributed by atoms with Crippen molar-refractivity contribution in [2.45, 2.75) is 26.0 Å². The first-order valence-electron chi connectivity index (χ1n) is 11.5. The third kappa shape index (κ3) is 7.17. The summed E-state index contributed by atoms with van der Waals surface area (Å²) in [5.41, 5.74) is 2.83. The minimum absolute atomic E-state index is 0.172. The molecule has 0 aliphatic carbocycles. The number of aliphatic hydroxyl groups excluding tert-OH is 1. The summed E-state index contributed by atoms with van der Waals surface area (Å²) in [5, 5.41) is 15.4. The first kappa shape index (κ1) is 25.5. The van der Waals surface area contributed by atoms with Crippen LogP contribution in [0.2, 0.25) is 0 Å². The smallest absolute Gasteiger partial charge is 0.227 e. The van der Waals surface area contributed by atoms with E-state index >= 15 is 0 Å². The summed E-state index contributed by atoms with van der Waals surface area (Å²) >= 11 is 0. The number of hydrogen-bond acceptors (Lipinski definition) is 6. The van der Waals surface area contributed by atoms with E-state index in [1.807, 2.05) is 65.3 Å². The van der Waals surface area contributed by atoms with E-state index in [-0.39, 0.29) is 13.2 Å². The van der Waals surface area contributed by atoms with Crippen molar-refractivity contribution < 1.29 is 19.3 Å². The lowest BCUT2D eigenvalue weighted by Gasteiger charge is -2.25. The summed E-state index contributed by atoms with van der Waals surface area (Å²) in [4.78, 5) is 2.12. The highest BCUT2D eigenvalue weighted by Gasteiger charge is 2.23. The van der Waals surface area contributed by atoms with Crippen LogP contribution >= 0.6 is 0 Å². The number of aromatic nitrogens is 2. The van der Waals surface area contributed by atoms with Gasteiger partial charge in [0.05, 0.1) is 36.3 Å². The molecule has 1 aromatic heterocycles. The molecule has 34 heavy (non-hydrogen) atoms. The number of aryl methyl sites for hydroxylation is 1. The Hall–Kier alpha value is -3.15. The van der Waals surface area contributed by atoms with Crippen molar-refractivity contribution in [2.24, 2.45) is 0 Å². The second-order valence-electron chi connectivity index (χ2n) is 7.85. The molecule has 0 spiro atoms. The van der Waals surface area contributed by atoms with E-state index in [9.17, 15) is 5.11 Å². The number of nitrogens with zero attached hydrogens (tertiary/aromatic N) is 3. The largest absolute Gasteiger partial charge is 0.439 e. The molecule has 0 aliphatic heterocycles. The monoisotopic (exact) mass is 463 g/mol. The van der Waals surface area contributed by atoms with Crippen molar-refractivity contribution in [1.82, 2.24) is 14.7 Å². The zero-order valence-corrected chi connectivity index (χ0v) is 19.9. The molecule has 3 rings (SSSR count). The average Bonchev–Trinajstić information content (AvgIpc) is 3.20. The van der Waals surface area contributed by atoms with Gasteiger partial charge in [-0.1, -0.05) is 49.2 Å². The van der Waals surface area contributed by atoms with Crippen molar-refractivity contribution in [3.8, 4) is 29.7 Å². The van der Waals surface area contributed by atoms with Gasteiger partial charge in [0.1, 0.15) is 12.4 Å². The number of terminal acetylenes is 1. The first-order chi connectivity index (χ1) is 16.7. The van der Waals surface area contributed by atoms with E-state index in [4.69, 9.17) is 25.7 Å². The van der Waals surface area contributed by atoms with Gasteiger partial charge in [-0.3, -0.25) is 4.90 Å². The molecule has 3 aromatic rings.